The van der Waals surface area contributed by atoms with E-state index >= 15 is 0 Å². The third-order valence-electron chi connectivity index (χ3n) is 7.86. The Kier molecular flexibility index (Phi) is 31.5. The molecule has 1 amide bonds. The van der Waals surface area contributed by atoms with Gasteiger partial charge in [-0.3, -0.25) is 9.63 Å². The van der Waals surface area contributed by atoms with Crippen LogP contribution < -0.4 is 0 Å². The Morgan fingerprint density at radius 1 is 0.737 bits per heavy atom. The molecule has 1 unspecified atom stereocenters. The molecule has 0 saturated carbocycles. The van der Waals surface area contributed by atoms with Crippen molar-refractivity contribution in [3.63, 3.8) is 0 Å². The molecule has 0 N–H and O–H groups in total. The van der Waals surface area contributed by atoms with Gasteiger partial charge < -0.3 is 9.80 Å². The number of likely N-dealkylation sites (tertiary alicyclic amines) is 1. The molecule has 1 rings (SSSR count). The summed E-state index contributed by atoms with van der Waals surface area (Å²) in [5, 5.41) is 1.49. The molecule has 0 aromatic rings. The fraction of sp³-hybridized carbons (Fsp3) is 0.968. The van der Waals surface area contributed by atoms with Crippen molar-refractivity contribution in [2.24, 2.45) is 0 Å². The van der Waals surface area contributed by atoms with E-state index in [1.165, 1.54) is 140 Å². The Balaban J connectivity index is 0. The molecule has 1 aliphatic heterocycles. The fourth-order valence-corrected chi connectivity index (χ4v) is 5.54. The third-order valence-corrected chi connectivity index (χ3v) is 7.86. The van der Waals surface area contributed by atoms with E-state index in [4.69, 9.17) is 4.84 Å². The summed E-state index contributed by atoms with van der Waals surface area (Å²) >= 11 is 0. The Morgan fingerprint density at radius 3 is 1.76 bits per heavy atom. The van der Waals surface area contributed by atoms with Crippen LogP contribution in [-0.2, 0) is 9.63 Å². The van der Waals surface area contributed by atoms with Gasteiger partial charge in [0.1, 0.15) is 0 Å². The second kappa shape index (κ2) is 29.9. The maximum Gasteiger partial charge on any atom is 0.233 e. The van der Waals surface area contributed by atoms with Crippen LogP contribution in [0.5, 0.6) is 0 Å². The zero-order chi connectivity index (χ0) is 26.1. The van der Waals surface area contributed by atoms with Crippen molar-refractivity contribution in [2.45, 2.75) is 148 Å². The predicted molar refractivity (Wildman–Crippen MR) is 170 cm³/mol. The molecule has 1 heterocycles. The summed E-state index contributed by atoms with van der Waals surface area (Å²) in [6.07, 6.45) is 29.6. The van der Waals surface area contributed by atoms with Crippen molar-refractivity contribution >= 4 is 31.2 Å². The molecule has 0 aromatic heterocycles. The summed E-state index contributed by atoms with van der Waals surface area (Å²) in [7, 11) is 4.12. The Bertz CT molecular complexity index is 486. The van der Waals surface area contributed by atoms with Crippen molar-refractivity contribution in [3.05, 3.63) is 0 Å². The van der Waals surface area contributed by atoms with Crippen LogP contribution in [0.2, 0.25) is 0 Å². The van der Waals surface area contributed by atoms with Crippen LogP contribution in [0.25, 0.3) is 0 Å². The van der Waals surface area contributed by atoms with E-state index in [1.807, 2.05) is 0 Å². The molecule has 0 radical (unpaired) electrons. The molecule has 1 atom stereocenters. The first-order valence-electron chi connectivity index (χ1n) is 15.9. The van der Waals surface area contributed by atoms with Crippen LogP contribution >= 0.6 is 24.8 Å². The van der Waals surface area contributed by atoms with Crippen LogP contribution in [0.15, 0.2) is 0 Å². The molecule has 5 nitrogen and oxygen atoms in total. The standard InChI is InChI=1S/C31H63N3O2.2ClH/c1-4-5-6-7-8-9-10-11-12-13-14-15-16-17-18-20-26-33-27-21-19-23-31(33)24-29-36-34(30-35)28-22-25-32(2)3;;/h30-31H,4-29H2,1-3H3;2*1H. The number of hydrogen-bond acceptors (Lipinski definition) is 4. The number of unbranched alkanes of at least 4 members (excludes halogenated alkanes) is 15. The van der Waals surface area contributed by atoms with Gasteiger partial charge in [0.25, 0.3) is 0 Å². The van der Waals surface area contributed by atoms with Crippen LogP contribution in [-0.4, -0.2) is 74.2 Å². The zero-order valence-corrected chi connectivity index (χ0v) is 27.1. The second-order valence-electron chi connectivity index (χ2n) is 11.5. The van der Waals surface area contributed by atoms with E-state index < -0.39 is 0 Å². The van der Waals surface area contributed by atoms with E-state index in [9.17, 15) is 4.79 Å². The normalized spacial score (nSPS) is 15.7. The Hall–Kier alpha value is -0.0700. The number of amides is 1. The van der Waals surface area contributed by atoms with Crippen molar-refractivity contribution in [2.75, 3.05) is 46.9 Å². The van der Waals surface area contributed by atoms with Gasteiger partial charge in [-0.05, 0) is 65.8 Å². The lowest BCUT2D eigenvalue weighted by Gasteiger charge is -2.36. The first-order valence-corrected chi connectivity index (χ1v) is 15.9. The summed E-state index contributed by atoms with van der Waals surface area (Å²) in [6.45, 7) is 7.08. The highest BCUT2D eigenvalue weighted by atomic mass is 35.5. The van der Waals surface area contributed by atoms with Gasteiger partial charge in [-0.25, -0.2) is 5.06 Å². The molecule has 230 valence electrons. The minimum atomic E-state index is 0. The van der Waals surface area contributed by atoms with Crippen LogP contribution in [0, 0.1) is 0 Å². The fourth-order valence-electron chi connectivity index (χ4n) is 5.54. The smallest absolute Gasteiger partial charge is 0.233 e. The van der Waals surface area contributed by atoms with Crippen molar-refractivity contribution in [1.29, 1.82) is 0 Å². The van der Waals surface area contributed by atoms with Gasteiger partial charge in [0.2, 0.25) is 6.41 Å². The average Bonchev–Trinajstić information content (AvgIpc) is 2.88. The minimum Gasteiger partial charge on any atom is -0.309 e. The van der Waals surface area contributed by atoms with Gasteiger partial charge in [-0.15, -0.1) is 24.8 Å². The van der Waals surface area contributed by atoms with Crippen LogP contribution in [0.4, 0.5) is 0 Å². The number of nitrogens with zero attached hydrogens (tertiary/aromatic N) is 3. The molecular weight excluding hydrogens is 517 g/mol. The van der Waals surface area contributed by atoms with Gasteiger partial charge in [0.05, 0.1) is 6.61 Å². The lowest BCUT2D eigenvalue weighted by molar-refractivity contribution is -0.174. The number of carbonyl (C=O) groups is 1. The van der Waals surface area contributed by atoms with Crippen LogP contribution in [0.1, 0.15) is 142 Å². The molecule has 1 aliphatic rings. The summed E-state index contributed by atoms with van der Waals surface area (Å²) in [5.41, 5.74) is 0. The minimum absolute atomic E-state index is 0. The first kappa shape index (κ1) is 40.1. The average molecular weight is 583 g/mol. The number of carbonyl (C=O) groups excluding carboxylic acids is 1. The predicted octanol–water partition coefficient (Wildman–Crippen LogP) is 8.68. The van der Waals surface area contributed by atoms with E-state index in [2.05, 4.69) is 30.8 Å². The topological polar surface area (TPSA) is 36.0 Å². The Morgan fingerprint density at radius 2 is 1.26 bits per heavy atom. The van der Waals surface area contributed by atoms with Crippen molar-refractivity contribution < 1.29 is 9.63 Å². The SMILES string of the molecule is CCCCCCCCCCCCCCCCCCN1CCCCC1CCON(C=O)CCCN(C)C.Cl.Cl. The summed E-state index contributed by atoms with van der Waals surface area (Å²) in [6, 6.07) is 0.630. The largest absolute Gasteiger partial charge is 0.309 e. The van der Waals surface area contributed by atoms with Crippen molar-refractivity contribution in [3.8, 4) is 0 Å². The molecule has 1 saturated heterocycles. The maximum absolute atomic E-state index is 11.3. The molecule has 0 spiro atoms. The molecule has 0 aromatic carbocycles. The highest BCUT2D eigenvalue weighted by Crippen LogP contribution is 2.21. The molecule has 1 fully saturated rings. The van der Waals surface area contributed by atoms with E-state index in [0.717, 1.165) is 25.8 Å². The molecule has 38 heavy (non-hydrogen) atoms. The zero-order valence-electron chi connectivity index (χ0n) is 25.5. The first-order chi connectivity index (χ1) is 17.7. The number of hydrogen-bond donors (Lipinski definition) is 0. The maximum atomic E-state index is 11.3. The van der Waals surface area contributed by atoms with Gasteiger partial charge >= 0.3 is 0 Å². The summed E-state index contributed by atoms with van der Waals surface area (Å²) in [5.74, 6) is 0. The Labute approximate surface area is 249 Å². The number of hydroxylamine groups is 2. The van der Waals surface area contributed by atoms with E-state index in [1.54, 1.807) is 0 Å². The highest BCUT2D eigenvalue weighted by Gasteiger charge is 2.22. The quantitative estimate of drug-likeness (QED) is 0.0581. The molecule has 0 aliphatic carbocycles. The van der Waals surface area contributed by atoms with Crippen molar-refractivity contribution in [1.82, 2.24) is 14.9 Å². The second-order valence-corrected chi connectivity index (χ2v) is 11.5. The number of rotatable bonds is 26. The summed E-state index contributed by atoms with van der Waals surface area (Å²) in [4.78, 5) is 21.9. The van der Waals surface area contributed by atoms with Gasteiger partial charge in [-0.1, -0.05) is 110 Å². The third kappa shape index (κ3) is 23.8. The highest BCUT2D eigenvalue weighted by molar-refractivity contribution is 5.85. The van der Waals surface area contributed by atoms with E-state index in [-0.39, 0.29) is 24.8 Å². The van der Waals surface area contributed by atoms with Gasteiger partial charge in [-0.2, -0.15) is 0 Å². The van der Waals surface area contributed by atoms with Gasteiger partial charge in [0, 0.05) is 12.6 Å². The lowest BCUT2D eigenvalue weighted by Crippen LogP contribution is -2.41. The lowest BCUT2D eigenvalue weighted by atomic mass is 9.99. The molecule has 0 bridgehead atoms. The molecular formula is C31H65Cl2N3O2. The van der Waals surface area contributed by atoms with E-state index in [0.29, 0.717) is 19.2 Å². The van der Waals surface area contributed by atoms with Crippen LogP contribution in [0.3, 0.4) is 0 Å². The summed E-state index contributed by atoms with van der Waals surface area (Å²) < 4.78 is 0. The number of piperidine rings is 1. The number of halogens is 2. The van der Waals surface area contributed by atoms with Gasteiger partial charge in [0.15, 0.2) is 0 Å². The monoisotopic (exact) mass is 581 g/mol. The molecule has 7 heteroatoms.